The highest BCUT2D eigenvalue weighted by atomic mass is 32.1. The summed E-state index contributed by atoms with van der Waals surface area (Å²) in [4.78, 5) is 2.36. The van der Waals surface area contributed by atoms with Crippen LogP contribution in [0.3, 0.4) is 0 Å². The maximum atomic E-state index is 12.2. The summed E-state index contributed by atoms with van der Waals surface area (Å²) in [6.45, 7) is 7.48. The molecule has 17 heavy (non-hydrogen) atoms. The van der Waals surface area contributed by atoms with Crippen LogP contribution in [0.15, 0.2) is 6.07 Å². The molecule has 0 saturated carbocycles. The molecule has 1 aromatic heterocycles. The first-order chi connectivity index (χ1) is 7.69. The fourth-order valence-electron chi connectivity index (χ4n) is 2.00. The lowest BCUT2D eigenvalue weighted by Gasteiger charge is -2.21. The molecule has 0 fully saturated rings. The number of aryl methyl sites for hydroxylation is 2. The van der Waals surface area contributed by atoms with Crippen LogP contribution in [0.5, 0.6) is 0 Å². The average Bonchev–Trinajstić information content (AvgIpc) is 2.41. The van der Waals surface area contributed by atoms with Crippen molar-refractivity contribution in [2.45, 2.75) is 52.4 Å². The number of alkyl halides is 3. The summed E-state index contributed by atoms with van der Waals surface area (Å²) in [6, 6.07) is 1.43. The zero-order valence-electron chi connectivity index (χ0n) is 10.5. The second kappa shape index (κ2) is 5.40. The zero-order valence-corrected chi connectivity index (χ0v) is 11.3. The molecule has 5 heteroatoms. The molecule has 0 saturated heterocycles. The van der Waals surface area contributed by atoms with E-state index in [1.54, 1.807) is 18.3 Å². The Morgan fingerprint density at radius 2 is 1.88 bits per heavy atom. The predicted molar refractivity (Wildman–Crippen MR) is 65.5 cm³/mol. The lowest BCUT2D eigenvalue weighted by atomic mass is 10.1. The van der Waals surface area contributed by atoms with Gasteiger partial charge in [-0.1, -0.05) is 0 Å². The third kappa shape index (κ3) is 4.68. The Morgan fingerprint density at radius 3 is 2.29 bits per heavy atom. The van der Waals surface area contributed by atoms with Gasteiger partial charge in [-0.05, 0) is 39.3 Å². The smallest absolute Gasteiger partial charge is 0.307 e. The number of hydrogen-bond donors (Lipinski definition) is 1. The van der Waals surface area contributed by atoms with E-state index in [-0.39, 0.29) is 6.04 Å². The fourth-order valence-corrected chi connectivity index (χ4v) is 3.03. The van der Waals surface area contributed by atoms with Gasteiger partial charge in [0.25, 0.3) is 0 Å². The van der Waals surface area contributed by atoms with Crippen molar-refractivity contribution >= 4 is 11.3 Å². The van der Waals surface area contributed by atoms with Gasteiger partial charge in [-0.15, -0.1) is 11.3 Å². The van der Waals surface area contributed by atoms with Gasteiger partial charge < -0.3 is 5.32 Å². The molecule has 1 nitrogen and oxygen atoms in total. The standard InChI is InChI=1S/C12H18F3NS/c1-7(6-12(13,14)15)16-9(3)11-5-8(2)17-10(11)4/h5,7,9,16H,6H2,1-4H3. The van der Waals surface area contributed by atoms with Gasteiger partial charge in [0, 0.05) is 21.8 Å². The van der Waals surface area contributed by atoms with Gasteiger partial charge in [-0.25, -0.2) is 0 Å². The summed E-state index contributed by atoms with van der Waals surface area (Å²) in [5, 5.41) is 2.99. The lowest BCUT2D eigenvalue weighted by Crippen LogP contribution is -2.33. The molecule has 0 aliphatic carbocycles. The molecule has 0 aliphatic rings. The number of thiophene rings is 1. The van der Waals surface area contributed by atoms with Crippen molar-refractivity contribution in [1.82, 2.24) is 5.32 Å². The van der Waals surface area contributed by atoms with Gasteiger partial charge in [0.1, 0.15) is 0 Å². The van der Waals surface area contributed by atoms with Gasteiger partial charge >= 0.3 is 6.18 Å². The largest absolute Gasteiger partial charge is 0.390 e. The van der Waals surface area contributed by atoms with Crippen LogP contribution >= 0.6 is 11.3 Å². The van der Waals surface area contributed by atoms with Crippen molar-refractivity contribution in [3.8, 4) is 0 Å². The molecule has 0 spiro atoms. The van der Waals surface area contributed by atoms with E-state index in [0.717, 1.165) is 5.56 Å². The number of rotatable bonds is 4. The fraction of sp³-hybridized carbons (Fsp3) is 0.667. The first kappa shape index (κ1) is 14.5. The third-order valence-electron chi connectivity index (χ3n) is 2.62. The van der Waals surface area contributed by atoms with Crippen molar-refractivity contribution in [3.63, 3.8) is 0 Å². The number of halogens is 3. The number of hydrogen-bond acceptors (Lipinski definition) is 2. The molecule has 0 aliphatic heterocycles. The van der Waals surface area contributed by atoms with Crippen LogP contribution in [0, 0.1) is 13.8 Å². The van der Waals surface area contributed by atoms with Crippen LogP contribution in [-0.4, -0.2) is 12.2 Å². The van der Waals surface area contributed by atoms with Crippen molar-refractivity contribution in [1.29, 1.82) is 0 Å². The Morgan fingerprint density at radius 1 is 1.29 bits per heavy atom. The van der Waals surface area contributed by atoms with Crippen LogP contribution in [0.1, 0.15) is 41.6 Å². The third-order valence-corrected chi connectivity index (χ3v) is 3.60. The summed E-state index contributed by atoms with van der Waals surface area (Å²) >= 11 is 1.68. The molecule has 1 heterocycles. The summed E-state index contributed by atoms with van der Waals surface area (Å²) < 4.78 is 36.6. The Labute approximate surface area is 104 Å². The van der Waals surface area contributed by atoms with Crippen LogP contribution in [0.25, 0.3) is 0 Å². The maximum absolute atomic E-state index is 12.2. The molecule has 1 N–H and O–H groups in total. The molecular formula is C12H18F3NS. The van der Waals surface area contributed by atoms with E-state index >= 15 is 0 Å². The SMILES string of the molecule is Cc1cc(C(C)NC(C)CC(F)(F)F)c(C)s1. The van der Waals surface area contributed by atoms with E-state index in [1.807, 2.05) is 26.8 Å². The normalized spacial score (nSPS) is 15.9. The van der Waals surface area contributed by atoms with Crippen LogP contribution in [0.2, 0.25) is 0 Å². The molecule has 0 radical (unpaired) electrons. The predicted octanol–water partition coefficient (Wildman–Crippen LogP) is 4.36. The minimum absolute atomic E-state index is 0.0442. The highest BCUT2D eigenvalue weighted by Gasteiger charge is 2.30. The highest BCUT2D eigenvalue weighted by molar-refractivity contribution is 7.12. The molecule has 1 rings (SSSR count). The molecule has 2 unspecified atom stereocenters. The molecule has 0 aromatic carbocycles. The first-order valence-corrected chi connectivity index (χ1v) is 6.40. The summed E-state index contributed by atoms with van der Waals surface area (Å²) in [5.41, 5.74) is 1.10. The van der Waals surface area contributed by atoms with E-state index in [1.165, 1.54) is 9.75 Å². The van der Waals surface area contributed by atoms with E-state index < -0.39 is 18.6 Å². The molecule has 1 aromatic rings. The van der Waals surface area contributed by atoms with Gasteiger partial charge in [0.15, 0.2) is 0 Å². The van der Waals surface area contributed by atoms with Crippen LogP contribution < -0.4 is 5.32 Å². The molecule has 0 bridgehead atoms. The molecule has 0 amide bonds. The Kier molecular flexibility index (Phi) is 4.61. The van der Waals surface area contributed by atoms with Gasteiger partial charge in [0.2, 0.25) is 0 Å². The maximum Gasteiger partial charge on any atom is 0.390 e. The van der Waals surface area contributed by atoms with Crippen LogP contribution in [0.4, 0.5) is 13.2 Å². The summed E-state index contributed by atoms with van der Waals surface area (Å²) in [6.07, 6.45) is -4.90. The molecular weight excluding hydrogens is 247 g/mol. The Balaban J connectivity index is 2.60. The van der Waals surface area contributed by atoms with Gasteiger partial charge in [0.05, 0.1) is 6.42 Å². The summed E-state index contributed by atoms with van der Waals surface area (Å²) in [5.74, 6) is 0. The topological polar surface area (TPSA) is 12.0 Å². The quantitative estimate of drug-likeness (QED) is 0.853. The molecule has 2 atom stereocenters. The average molecular weight is 265 g/mol. The lowest BCUT2D eigenvalue weighted by molar-refractivity contribution is -0.139. The van der Waals surface area contributed by atoms with Crippen molar-refractivity contribution in [2.24, 2.45) is 0 Å². The molecule has 98 valence electrons. The first-order valence-electron chi connectivity index (χ1n) is 5.59. The van der Waals surface area contributed by atoms with Crippen molar-refractivity contribution in [3.05, 3.63) is 21.4 Å². The summed E-state index contributed by atoms with van der Waals surface area (Å²) in [7, 11) is 0. The minimum atomic E-state index is -4.11. The van der Waals surface area contributed by atoms with Gasteiger partial charge in [-0.2, -0.15) is 13.2 Å². The highest BCUT2D eigenvalue weighted by Crippen LogP contribution is 2.28. The second-order valence-electron chi connectivity index (χ2n) is 4.48. The zero-order chi connectivity index (χ0) is 13.2. The van der Waals surface area contributed by atoms with Crippen molar-refractivity contribution < 1.29 is 13.2 Å². The van der Waals surface area contributed by atoms with Gasteiger partial charge in [-0.3, -0.25) is 0 Å². The number of nitrogens with one attached hydrogen (secondary N) is 1. The van der Waals surface area contributed by atoms with Crippen LogP contribution in [-0.2, 0) is 0 Å². The monoisotopic (exact) mass is 265 g/mol. The van der Waals surface area contributed by atoms with E-state index in [2.05, 4.69) is 5.32 Å². The second-order valence-corrected chi connectivity index (χ2v) is 5.94. The Hall–Kier alpha value is -0.550. The Bertz CT molecular complexity index is 370. The van der Waals surface area contributed by atoms with Crippen molar-refractivity contribution in [2.75, 3.05) is 0 Å². The van der Waals surface area contributed by atoms with E-state index in [0.29, 0.717) is 0 Å². The van der Waals surface area contributed by atoms with E-state index in [9.17, 15) is 13.2 Å². The van der Waals surface area contributed by atoms with E-state index in [4.69, 9.17) is 0 Å². The minimum Gasteiger partial charge on any atom is -0.307 e.